The molecule has 1 aliphatic heterocycles. The summed E-state index contributed by atoms with van der Waals surface area (Å²) in [6.45, 7) is 0.791. The molecular weight excluding hydrogens is 404 g/mol. The molecule has 0 bridgehead atoms. The summed E-state index contributed by atoms with van der Waals surface area (Å²) in [5.74, 6) is -0.823. The van der Waals surface area contributed by atoms with Gasteiger partial charge in [-0.25, -0.2) is 12.7 Å². The van der Waals surface area contributed by atoms with E-state index in [0.717, 1.165) is 0 Å². The smallest absolute Gasteiger partial charge is 0.268 e. The Kier molecular flexibility index (Phi) is 5.44. The van der Waals surface area contributed by atoms with Gasteiger partial charge < -0.3 is 10.1 Å². The average Bonchev–Trinajstić information content (AvgIpc) is 2.81. The topological polar surface area (TPSA) is 92.8 Å². The van der Waals surface area contributed by atoms with E-state index in [1.54, 1.807) is 42.5 Å². The first-order valence-electron chi connectivity index (χ1n) is 8.22. The van der Waals surface area contributed by atoms with E-state index in [1.165, 1.54) is 20.1 Å². The van der Waals surface area contributed by atoms with Crippen molar-refractivity contribution in [2.24, 2.45) is 0 Å². The second kappa shape index (κ2) is 7.65. The molecule has 9 heteroatoms. The van der Waals surface area contributed by atoms with E-state index < -0.39 is 28.4 Å². The van der Waals surface area contributed by atoms with Gasteiger partial charge in [-0.2, -0.15) is 0 Å². The van der Waals surface area contributed by atoms with Crippen molar-refractivity contribution in [3.63, 3.8) is 0 Å². The molecule has 0 spiro atoms. The fourth-order valence-electron chi connectivity index (χ4n) is 2.86. The molecule has 1 heterocycles. The van der Waals surface area contributed by atoms with Crippen LogP contribution in [0.3, 0.4) is 0 Å². The quantitative estimate of drug-likeness (QED) is 0.802. The summed E-state index contributed by atoms with van der Waals surface area (Å²) in [5.41, 5.74) is 0.812. The van der Waals surface area contributed by atoms with Crippen LogP contribution in [0.25, 0.3) is 4.91 Å². The zero-order valence-corrected chi connectivity index (χ0v) is 16.7. The number of sulfonamides is 1. The molecule has 1 N–H and O–H groups in total. The molecule has 28 heavy (non-hydrogen) atoms. The lowest BCUT2D eigenvalue weighted by molar-refractivity contribution is -0.126. The summed E-state index contributed by atoms with van der Waals surface area (Å²) in [4.78, 5) is 24.7. The van der Waals surface area contributed by atoms with Crippen molar-refractivity contribution in [2.75, 3.05) is 19.0 Å². The number of hydrogen-bond acceptors (Lipinski definition) is 5. The molecule has 0 aliphatic carbocycles. The summed E-state index contributed by atoms with van der Waals surface area (Å²) in [7, 11) is -2.66. The summed E-state index contributed by atoms with van der Waals surface area (Å²) in [6, 6.07) is 12.7. The third-order valence-corrected chi connectivity index (χ3v) is 6.35. The highest BCUT2D eigenvalue weighted by Gasteiger charge is 2.43. The maximum atomic E-state index is 12.9. The number of hydrogen-bond donors (Lipinski definition) is 1. The Bertz CT molecular complexity index is 1080. The van der Waals surface area contributed by atoms with Gasteiger partial charge in [0.05, 0.1) is 7.11 Å². The van der Waals surface area contributed by atoms with Gasteiger partial charge in [-0.05, 0) is 55.0 Å². The van der Waals surface area contributed by atoms with E-state index in [-0.39, 0.29) is 10.5 Å². The number of halogens is 1. The van der Waals surface area contributed by atoms with Gasteiger partial charge in [0, 0.05) is 16.3 Å². The Labute approximate surface area is 167 Å². The van der Waals surface area contributed by atoms with Gasteiger partial charge in [-0.3, -0.25) is 9.59 Å². The number of carbonyl (C=O) groups excluding carboxylic acids is 2. The van der Waals surface area contributed by atoms with Crippen molar-refractivity contribution in [2.45, 2.75) is 6.92 Å². The molecule has 0 saturated heterocycles. The maximum Gasteiger partial charge on any atom is 0.268 e. The number of amides is 2. The van der Waals surface area contributed by atoms with Crippen LogP contribution >= 0.6 is 11.6 Å². The third-order valence-electron chi connectivity index (χ3n) is 4.18. The van der Waals surface area contributed by atoms with Gasteiger partial charge in [-0.1, -0.05) is 17.7 Å². The van der Waals surface area contributed by atoms with E-state index in [2.05, 4.69) is 5.32 Å². The summed E-state index contributed by atoms with van der Waals surface area (Å²) in [5, 5.41) is 2.95. The summed E-state index contributed by atoms with van der Waals surface area (Å²) >= 11 is 5.87. The third kappa shape index (κ3) is 3.74. The van der Waals surface area contributed by atoms with Crippen LogP contribution < -0.4 is 10.1 Å². The van der Waals surface area contributed by atoms with Gasteiger partial charge in [0.1, 0.15) is 17.2 Å². The second-order valence-electron chi connectivity index (χ2n) is 6.06. The van der Waals surface area contributed by atoms with Gasteiger partial charge in [-0.15, -0.1) is 0 Å². The first-order chi connectivity index (χ1) is 13.2. The average molecular weight is 421 g/mol. The molecule has 146 valence electrons. The van der Waals surface area contributed by atoms with Crippen LogP contribution in [0, 0.1) is 0 Å². The largest absolute Gasteiger partial charge is 0.497 e. The summed E-state index contributed by atoms with van der Waals surface area (Å²) < 4.78 is 31.5. The molecule has 2 aromatic rings. The first-order valence-corrected chi connectivity index (χ1v) is 10.0. The highest BCUT2D eigenvalue weighted by Crippen LogP contribution is 2.35. The lowest BCUT2D eigenvalue weighted by atomic mass is 10.1. The van der Waals surface area contributed by atoms with Crippen molar-refractivity contribution in [3.8, 4) is 5.75 Å². The SMILES string of the molecule is COc1ccc(C2=C(C)C(=O)N(CC(=O)Nc3cccc(Cl)c3)S2(=O)=O)cc1. The van der Waals surface area contributed by atoms with Crippen LogP contribution in [0.4, 0.5) is 5.69 Å². The number of benzene rings is 2. The van der Waals surface area contributed by atoms with Crippen LogP contribution in [-0.4, -0.2) is 38.2 Å². The molecular formula is C19H17ClN2O5S. The lowest BCUT2D eigenvalue weighted by Gasteiger charge is -2.16. The molecule has 3 rings (SSSR count). The fraction of sp³-hybridized carbons (Fsp3) is 0.158. The Hall–Kier alpha value is -2.84. The fourth-order valence-corrected chi connectivity index (χ4v) is 4.82. The van der Waals surface area contributed by atoms with Crippen LogP contribution in [0.1, 0.15) is 12.5 Å². The van der Waals surface area contributed by atoms with E-state index >= 15 is 0 Å². The molecule has 7 nitrogen and oxygen atoms in total. The van der Waals surface area contributed by atoms with Crippen molar-refractivity contribution < 1.29 is 22.7 Å². The molecule has 2 amide bonds. The normalized spacial score (nSPS) is 15.7. The number of rotatable bonds is 5. The first kappa shape index (κ1) is 19.9. The van der Waals surface area contributed by atoms with E-state index in [1.807, 2.05) is 0 Å². The van der Waals surface area contributed by atoms with Crippen molar-refractivity contribution in [3.05, 3.63) is 64.7 Å². The van der Waals surface area contributed by atoms with E-state index in [9.17, 15) is 18.0 Å². The van der Waals surface area contributed by atoms with Crippen LogP contribution in [0.2, 0.25) is 5.02 Å². The Morgan fingerprint density at radius 2 is 1.86 bits per heavy atom. The van der Waals surface area contributed by atoms with Gasteiger partial charge in [0.25, 0.3) is 15.9 Å². The van der Waals surface area contributed by atoms with Crippen molar-refractivity contribution >= 4 is 44.0 Å². The van der Waals surface area contributed by atoms with E-state index in [4.69, 9.17) is 16.3 Å². The molecule has 0 atom stereocenters. The predicted molar refractivity (Wildman–Crippen MR) is 106 cm³/mol. The highest BCUT2D eigenvalue weighted by molar-refractivity contribution is 7.99. The molecule has 0 radical (unpaired) electrons. The Morgan fingerprint density at radius 3 is 2.46 bits per heavy atom. The molecule has 0 aromatic heterocycles. The zero-order chi connectivity index (χ0) is 20.5. The Morgan fingerprint density at radius 1 is 1.18 bits per heavy atom. The number of anilines is 1. The standard InChI is InChI=1S/C19H17ClN2O5S/c1-12-18(13-6-8-16(27-2)9-7-13)28(25,26)22(19(12)24)11-17(23)21-15-5-3-4-14(20)10-15/h3-10H,11H2,1-2H3,(H,21,23). The minimum absolute atomic E-state index is 0.0562. The Balaban J connectivity index is 1.84. The monoisotopic (exact) mass is 420 g/mol. The zero-order valence-electron chi connectivity index (χ0n) is 15.1. The highest BCUT2D eigenvalue weighted by atomic mass is 35.5. The van der Waals surface area contributed by atoms with Crippen molar-refractivity contribution in [1.29, 1.82) is 0 Å². The van der Waals surface area contributed by atoms with E-state index in [0.29, 0.717) is 26.3 Å². The molecule has 0 saturated carbocycles. The number of ether oxygens (including phenoxy) is 1. The summed E-state index contributed by atoms with van der Waals surface area (Å²) in [6.07, 6.45) is 0. The minimum Gasteiger partial charge on any atom is -0.497 e. The van der Waals surface area contributed by atoms with Crippen LogP contribution in [0.5, 0.6) is 5.75 Å². The van der Waals surface area contributed by atoms with Crippen LogP contribution in [-0.2, 0) is 19.6 Å². The molecule has 0 fully saturated rings. The maximum absolute atomic E-state index is 12.9. The molecule has 2 aromatic carbocycles. The minimum atomic E-state index is -4.16. The van der Waals surface area contributed by atoms with Gasteiger partial charge in [0.2, 0.25) is 5.91 Å². The second-order valence-corrected chi connectivity index (χ2v) is 8.29. The van der Waals surface area contributed by atoms with Gasteiger partial charge >= 0.3 is 0 Å². The van der Waals surface area contributed by atoms with Crippen molar-refractivity contribution in [1.82, 2.24) is 4.31 Å². The number of nitrogens with one attached hydrogen (secondary N) is 1. The molecule has 1 aliphatic rings. The number of methoxy groups -OCH3 is 1. The predicted octanol–water partition coefficient (Wildman–Crippen LogP) is 2.89. The van der Waals surface area contributed by atoms with Gasteiger partial charge in [0.15, 0.2) is 0 Å². The molecule has 0 unspecified atom stereocenters. The van der Waals surface area contributed by atoms with Crippen LogP contribution in [0.15, 0.2) is 54.1 Å². The number of nitrogens with zero attached hydrogens (tertiary/aromatic N) is 1. The number of carbonyl (C=O) groups is 2. The lowest BCUT2D eigenvalue weighted by Crippen LogP contribution is -2.38.